The molecule has 0 saturated carbocycles. The Hall–Kier alpha value is -1.73. The van der Waals surface area contributed by atoms with E-state index in [9.17, 15) is 4.79 Å². The molecule has 1 aliphatic rings. The van der Waals surface area contributed by atoms with Crippen LogP contribution in [-0.4, -0.2) is 55.4 Å². The highest BCUT2D eigenvalue weighted by Crippen LogP contribution is 2.31. The zero-order valence-electron chi connectivity index (χ0n) is 12.5. The number of Topliss-reactive ketones (excluding diaryl/α,β-unsaturated/α-hetero) is 1. The Kier molecular flexibility index (Phi) is 5.08. The van der Waals surface area contributed by atoms with E-state index in [1.807, 2.05) is 6.92 Å². The van der Waals surface area contributed by atoms with Crippen molar-refractivity contribution in [3.63, 3.8) is 0 Å². The highest BCUT2D eigenvalue weighted by Gasteiger charge is 2.43. The molecular formula is C14H20N2O5. The van der Waals surface area contributed by atoms with Crippen LogP contribution in [-0.2, 0) is 9.47 Å². The van der Waals surface area contributed by atoms with Crippen LogP contribution in [0.25, 0.3) is 0 Å². The summed E-state index contributed by atoms with van der Waals surface area (Å²) in [6.07, 6.45) is 2.39. The first kappa shape index (κ1) is 15.7. The van der Waals surface area contributed by atoms with Crippen molar-refractivity contribution < 1.29 is 23.7 Å². The third-order valence-corrected chi connectivity index (χ3v) is 3.47. The topological polar surface area (TPSA) is 79.8 Å². The van der Waals surface area contributed by atoms with Crippen molar-refractivity contribution >= 4 is 5.78 Å². The van der Waals surface area contributed by atoms with Crippen molar-refractivity contribution in [3.05, 3.63) is 11.9 Å². The predicted molar refractivity (Wildman–Crippen MR) is 73.9 cm³/mol. The first-order valence-corrected chi connectivity index (χ1v) is 6.88. The molecule has 0 bridgehead atoms. The summed E-state index contributed by atoms with van der Waals surface area (Å²) in [6, 6.07) is 0. The summed E-state index contributed by atoms with van der Waals surface area (Å²) in [7, 11) is 2.92. The van der Waals surface area contributed by atoms with Crippen LogP contribution in [0.1, 0.15) is 30.3 Å². The standard InChI is InChI=1S/C14H20N2O5/c1-4-21-14(5-7-20-8-6-14)12(17)11-13(19-3)16-10(18-2)9-15-11/h9H,4-8H2,1-3H3. The molecule has 0 unspecified atom stereocenters. The number of carbonyl (C=O) groups excluding carboxylic acids is 1. The minimum absolute atomic E-state index is 0.143. The molecule has 1 aliphatic heterocycles. The SMILES string of the molecule is CCOC1(C(=O)c2ncc(OC)nc2OC)CCOCC1. The maximum atomic E-state index is 12.9. The van der Waals surface area contributed by atoms with Crippen LogP contribution < -0.4 is 9.47 Å². The number of rotatable bonds is 6. The van der Waals surface area contributed by atoms with Gasteiger partial charge in [-0.05, 0) is 6.92 Å². The molecule has 0 aromatic carbocycles. The highest BCUT2D eigenvalue weighted by molar-refractivity contribution is 6.02. The summed E-state index contributed by atoms with van der Waals surface area (Å²) in [5.41, 5.74) is -0.752. The lowest BCUT2D eigenvalue weighted by Gasteiger charge is -2.35. The Morgan fingerprint density at radius 3 is 2.62 bits per heavy atom. The predicted octanol–water partition coefficient (Wildman–Crippen LogP) is 1.26. The van der Waals surface area contributed by atoms with E-state index in [-0.39, 0.29) is 17.4 Å². The summed E-state index contributed by atoms with van der Waals surface area (Å²) in [5, 5.41) is 0. The fraction of sp³-hybridized carbons (Fsp3) is 0.643. The summed E-state index contributed by atoms with van der Waals surface area (Å²) in [6.45, 7) is 3.27. The monoisotopic (exact) mass is 296 g/mol. The maximum absolute atomic E-state index is 12.9. The average molecular weight is 296 g/mol. The van der Waals surface area contributed by atoms with Gasteiger partial charge in [-0.25, -0.2) is 4.98 Å². The van der Waals surface area contributed by atoms with Crippen LogP contribution in [0.4, 0.5) is 0 Å². The van der Waals surface area contributed by atoms with E-state index in [1.54, 1.807) is 0 Å². The van der Waals surface area contributed by atoms with Crippen molar-refractivity contribution in [2.45, 2.75) is 25.4 Å². The molecule has 2 rings (SSSR count). The quantitative estimate of drug-likeness (QED) is 0.731. The molecule has 21 heavy (non-hydrogen) atoms. The summed E-state index contributed by atoms with van der Waals surface area (Å²) in [4.78, 5) is 21.1. The Morgan fingerprint density at radius 1 is 1.33 bits per heavy atom. The van der Waals surface area contributed by atoms with Crippen LogP contribution in [0.2, 0.25) is 0 Å². The molecule has 1 fully saturated rings. The van der Waals surface area contributed by atoms with Crippen LogP contribution in [0.15, 0.2) is 6.20 Å². The van der Waals surface area contributed by atoms with Gasteiger partial charge >= 0.3 is 0 Å². The van der Waals surface area contributed by atoms with Gasteiger partial charge in [-0.1, -0.05) is 0 Å². The number of methoxy groups -OCH3 is 2. The number of ether oxygens (including phenoxy) is 4. The molecule has 0 atom stereocenters. The second kappa shape index (κ2) is 6.82. The highest BCUT2D eigenvalue weighted by atomic mass is 16.5. The van der Waals surface area contributed by atoms with Gasteiger partial charge in [0.05, 0.1) is 20.4 Å². The van der Waals surface area contributed by atoms with E-state index in [0.29, 0.717) is 38.5 Å². The molecule has 0 N–H and O–H groups in total. The number of hydrogen-bond acceptors (Lipinski definition) is 7. The van der Waals surface area contributed by atoms with Crippen molar-refractivity contribution in [2.75, 3.05) is 34.0 Å². The number of hydrogen-bond donors (Lipinski definition) is 0. The van der Waals surface area contributed by atoms with E-state index >= 15 is 0 Å². The Labute approximate surface area is 123 Å². The van der Waals surface area contributed by atoms with Crippen LogP contribution in [0.5, 0.6) is 11.8 Å². The molecule has 1 saturated heterocycles. The van der Waals surface area contributed by atoms with Crippen molar-refractivity contribution in [1.29, 1.82) is 0 Å². The largest absolute Gasteiger partial charge is 0.480 e. The number of nitrogens with zero attached hydrogens (tertiary/aromatic N) is 2. The molecule has 0 amide bonds. The summed E-state index contributed by atoms with van der Waals surface area (Å²) < 4.78 is 21.2. The smallest absolute Gasteiger partial charge is 0.246 e. The molecule has 2 heterocycles. The minimum atomic E-state index is -0.913. The normalized spacial score (nSPS) is 17.3. The molecule has 1 aromatic rings. The van der Waals surface area contributed by atoms with Gasteiger partial charge in [-0.15, -0.1) is 0 Å². The lowest BCUT2D eigenvalue weighted by atomic mass is 9.87. The van der Waals surface area contributed by atoms with Crippen LogP contribution in [0, 0.1) is 0 Å². The first-order chi connectivity index (χ1) is 10.2. The van der Waals surface area contributed by atoms with E-state index in [0.717, 1.165) is 0 Å². The minimum Gasteiger partial charge on any atom is -0.480 e. The number of aromatic nitrogens is 2. The summed E-state index contributed by atoms with van der Waals surface area (Å²) >= 11 is 0. The van der Waals surface area contributed by atoms with Gasteiger partial charge < -0.3 is 18.9 Å². The average Bonchev–Trinajstić information content (AvgIpc) is 2.54. The van der Waals surface area contributed by atoms with Gasteiger partial charge in [0.25, 0.3) is 0 Å². The second-order valence-corrected chi connectivity index (χ2v) is 4.64. The molecule has 0 radical (unpaired) electrons. The Bertz CT molecular complexity index is 495. The molecule has 7 heteroatoms. The molecular weight excluding hydrogens is 276 g/mol. The van der Waals surface area contributed by atoms with E-state index in [4.69, 9.17) is 18.9 Å². The third-order valence-electron chi connectivity index (χ3n) is 3.47. The summed E-state index contributed by atoms with van der Waals surface area (Å²) in [5.74, 6) is 0.213. The van der Waals surface area contributed by atoms with Crippen molar-refractivity contribution in [3.8, 4) is 11.8 Å². The first-order valence-electron chi connectivity index (χ1n) is 6.88. The zero-order chi connectivity index (χ0) is 15.3. The molecule has 7 nitrogen and oxygen atoms in total. The lowest BCUT2D eigenvalue weighted by molar-refractivity contribution is -0.0825. The fourth-order valence-corrected chi connectivity index (χ4v) is 2.38. The third kappa shape index (κ3) is 3.14. The van der Waals surface area contributed by atoms with Crippen molar-refractivity contribution in [1.82, 2.24) is 9.97 Å². The molecule has 1 aromatic heterocycles. The van der Waals surface area contributed by atoms with Gasteiger partial charge in [0.1, 0.15) is 5.60 Å². The van der Waals surface area contributed by atoms with Crippen LogP contribution >= 0.6 is 0 Å². The van der Waals surface area contributed by atoms with Crippen LogP contribution in [0.3, 0.4) is 0 Å². The molecule has 0 aliphatic carbocycles. The molecule has 0 spiro atoms. The van der Waals surface area contributed by atoms with E-state index in [2.05, 4.69) is 9.97 Å². The zero-order valence-corrected chi connectivity index (χ0v) is 12.5. The lowest BCUT2D eigenvalue weighted by Crippen LogP contribution is -2.47. The maximum Gasteiger partial charge on any atom is 0.246 e. The van der Waals surface area contributed by atoms with E-state index in [1.165, 1.54) is 20.4 Å². The van der Waals surface area contributed by atoms with Crippen molar-refractivity contribution in [2.24, 2.45) is 0 Å². The van der Waals surface area contributed by atoms with Gasteiger partial charge in [0, 0.05) is 32.7 Å². The number of carbonyl (C=O) groups is 1. The van der Waals surface area contributed by atoms with Gasteiger partial charge in [-0.3, -0.25) is 4.79 Å². The van der Waals surface area contributed by atoms with E-state index < -0.39 is 5.60 Å². The number of ketones is 1. The Balaban J connectivity index is 2.36. The second-order valence-electron chi connectivity index (χ2n) is 4.64. The van der Waals surface area contributed by atoms with Gasteiger partial charge in [-0.2, -0.15) is 4.98 Å². The van der Waals surface area contributed by atoms with Gasteiger partial charge in [0.15, 0.2) is 5.69 Å². The molecule has 116 valence electrons. The Morgan fingerprint density at radius 2 is 2.05 bits per heavy atom. The fourth-order valence-electron chi connectivity index (χ4n) is 2.38. The van der Waals surface area contributed by atoms with Gasteiger partial charge in [0.2, 0.25) is 17.5 Å².